The summed E-state index contributed by atoms with van der Waals surface area (Å²) in [5.74, 6) is 1.77. The smallest absolute Gasteiger partial charge is 0.164 e. The summed E-state index contributed by atoms with van der Waals surface area (Å²) in [5, 5.41) is 8.89. The highest BCUT2D eigenvalue weighted by Crippen LogP contribution is 2.41. The van der Waals surface area contributed by atoms with E-state index in [4.69, 9.17) is 23.8 Å². The molecule has 5 heteroatoms. The fourth-order valence-electron chi connectivity index (χ4n) is 7.77. The van der Waals surface area contributed by atoms with Crippen molar-refractivity contribution < 1.29 is 8.83 Å². The summed E-state index contributed by atoms with van der Waals surface area (Å²) in [6.45, 7) is 0. The van der Waals surface area contributed by atoms with Crippen LogP contribution >= 0.6 is 0 Å². The molecule has 3 heterocycles. The highest BCUT2D eigenvalue weighted by atomic mass is 16.3. The summed E-state index contributed by atoms with van der Waals surface area (Å²) in [7, 11) is 0. The van der Waals surface area contributed by atoms with Gasteiger partial charge in [0.25, 0.3) is 0 Å². The standard InChI is InChI=1S/C47H27N3O2/c1-2-12-31-28(11-1)23-24-29-27-30(25-26-32(29)31)45-48-46(50-47(49-45)38-18-10-22-42-44(38)37-16-6-8-20-40(37)52-42)35-14-4-3-13-33(35)34-17-9-21-41-43(34)36-15-5-7-19-39(36)51-41/h1-27H. The van der Waals surface area contributed by atoms with Gasteiger partial charge in [0.15, 0.2) is 17.5 Å². The third kappa shape index (κ3) is 4.39. The van der Waals surface area contributed by atoms with Crippen molar-refractivity contribution in [2.24, 2.45) is 0 Å². The minimum Gasteiger partial charge on any atom is -0.456 e. The SMILES string of the molecule is c1ccc(-c2cccc3oc4ccccc4c23)c(-c2nc(-c3ccc4c(ccc5ccccc54)c3)nc(-c3cccc4oc5ccccc5c34)n2)c1. The quantitative estimate of drug-likeness (QED) is 0.175. The van der Waals surface area contributed by atoms with Crippen LogP contribution in [0.1, 0.15) is 0 Å². The second-order valence-electron chi connectivity index (χ2n) is 13.1. The fourth-order valence-corrected chi connectivity index (χ4v) is 7.77. The van der Waals surface area contributed by atoms with Crippen molar-refractivity contribution in [1.82, 2.24) is 15.0 Å². The van der Waals surface area contributed by atoms with Crippen molar-refractivity contribution >= 4 is 65.4 Å². The zero-order valence-electron chi connectivity index (χ0n) is 27.7. The maximum absolute atomic E-state index is 6.29. The third-order valence-corrected chi connectivity index (χ3v) is 10.1. The van der Waals surface area contributed by atoms with Crippen molar-refractivity contribution in [2.75, 3.05) is 0 Å². The molecular formula is C47H27N3O2. The van der Waals surface area contributed by atoms with Gasteiger partial charge in [-0.05, 0) is 63.0 Å². The first-order chi connectivity index (χ1) is 25.8. The van der Waals surface area contributed by atoms with Gasteiger partial charge in [0.05, 0.1) is 0 Å². The first-order valence-corrected chi connectivity index (χ1v) is 17.4. The van der Waals surface area contributed by atoms with Crippen LogP contribution in [0, 0.1) is 0 Å². The third-order valence-electron chi connectivity index (χ3n) is 10.1. The van der Waals surface area contributed by atoms with Crippen LogP contribution in [0.5, 0.6) is 0 Å². The van der Waals surface area contributed by atoms with Crippen molar-refractivity contribution in [1.29, 1.82) is 0 Å². The molecule has 8 aromatic carbocycles. The molecule has 3 aromatic heterocycles. The van der Waals surface area contributed by atoms with E-state index in [0.29, 0.717) is 17.5 Å². The number of hydrogen-bond acceptors (Lipinski definition) is 5. The molecule has 0 bridgehead atoms. The Kier molecular flexibility index (Phi) is 6.18. The maximum atomic E-state index is 6.29. The molecule has 0 unspecified atom stereocenters. The van der Waals surface area contributed by atoms with Crippen LogP contribution in [0.25, 0.3) is 111 Å². The van der Waals surface area contributed by atoms with E-state index < -0.39 is 0 Å². The number of aromatic nitrogens is 3. The molecule has 0 aliphatic carbocycles. The van der Waals surface area contributed by atoms with Gasteiger partial charge in [-0.3, -0.25) is 0 Å². The number of rotatable bonds is 4. The summed E-state index contributed by atoms with van der Waals surface area (Å²) in [4.78, 5) is 15.7. The van der Waals surface area contributed by atoms with Crippen molar-refractivity contribution in [3.05, 3.63) is 164 Å². The first-order valence-electron chi connectivity index (χ1n) is 17.4. The molecule has 0 fully saturated rings. The Morgan fingerprint density at radius 2 is 0.808 bits per heavy atom. The average Bonchev–Trinajstić information content (AvgIpc) is 3.79. The van der Waals surface area contributed by atoms with Gasteiger partial charge in [0, 0.05) is 38.2 Å². The monoisotopic (exact) mass is 665 g/mol. The van der Waals surface area contributed by atoms with E-state index in [0.717, 1.165) is 77.1 Å². The van der Waals surface area contributed by atoms with Gasteiger partial charge in [-0.15, -0.1) is 0 Å². The lowest BCUT2D eigenvalue weighted by molar-refractivity contribution is 0.668. The maximum Gasteiger partial charge on any atom is 0.164 e. The molecule has 0 radical (unpaired) electrons. The Labute approximate surface area is 297 Å². The minimum absolute atomic E-state index is 0.581. The van der Waals surface area contributed by atoms with Crippen LogP contribution in [0.15, 0.2) is 173 Å². The van der Waals surface area contributed by atoms with Crippen molar-refractivity contribution in [3.63, 3.8) is 0 Å². The van der Waals surface area contributed by atoms with Crippen LogP contribution in [0.2, 0.25) is 0 Å². The predicted molar refractivity (Wildman–Crippen MR) is 211 cm³/mol. The Balaban J connectivity index is 1.18. The van der Waals surface area contributed by atoms with Gasteiger partial charge >= 0.3 is 0 Å². The largest absolute Gasteiger partial charge is 0.456 e. The highest BCUT2D eigenvalue weighted by Gasteiger charge is 2.21. The zero-order chi connectivity index (χ0) is 34.2. The van der Waals surface area contributed by atoms with Gasteiger partial charge in [-0.1, -0.05) is 133 Å². The highest BCUT2D eigenvalue weighted by molar-refractivity contribution is 6.14. The van der Waals surface area contributed by atoms with Crippen LogP contribution in [-0.4, -0.2) is 15.0 Å². The first kappa shape index (κ1) is 28.7. The molecule has 0 amide bonds. The van der Waals surface area contributed by atoms with E-state index >= 15 is 0 Å². The van der Waals surface area contributed by atoms with E-state index in [1.807, 2.05) is 60.7 Å². The van der Waals surface area contributed by atoms with E-state index in [2.05, 4.69) is 103 Å². The molecule has 242 valence electrons. The lowest BCUT2D eigenvalue weighted by Gasteiger charge is -2.13. The molecule has 0 atom stereocenters. The average molecular weight is 666 g/mol. The van der Waals surface area contributed by atoms with Gasteiger partial charge in [0.2, 0.25) is 0 Å². The second-order valence-corrected chi connectivity index (χ2v) is 13.1. The summed E-state index contributed by atoms with van der Waals surface area (Å²) >= 11 is 0. The van der Waals surface area contributed by atoms with Crippen LogP contribution < -0.4 is 0 Å². The van der Waals surface area contributed by atoms with Crippen LogP contribution in [-0.2, 0) is 0 Å². The molecule has 0 aliphatic heterocycles. The van der Waals surface area contributed by atoms with E-state index in [1.165, 1.54) is 16.2 Å². The summed E-state index contributed by atoms with van der Waals surface area (Å²) in [5.41, 5.74) is 8.09. The number of benzene rings is 8. The second kappa shape index (κ2) is 11.2. The zero-order valence-corrected chi connectivity index (χ0v) is 27.7. The van der Waals surface area contributed by atoms with Crippen LogP contribution in [0.4, 0.5) is 0 Å². The Bertz CT molecular complexity index is 3210. The molecule has 0 spiro atoms. The van der Waals surface area contributed by atoms with E-state index in [1.54, 1.807) is 0 Å². The van der Waals surface area contributed by atoms with Gasteiger partial charge in [-0.2, -0.15) is 0 Å². The van der Waals surface area contributed by atoms with Gasteiger partial charge in [0.1, 0.15) is 22.3 Å². The Hall–Kier alpha value is -7.11. The molecule has 5 nitrogen and oxygen atoms in total. The number of furan rings is 2. The Morgan fingerprint density at radius 3 is 1.56 bits per heavy atom. The van der Waals surface area contributed by atoms with Crippen molar-refractivity contribution in [2.45, 2.75) is 0 Å². The molecule has 0 saturated heterocycles. The minimum atomic E-state index is 0.581. The summed E-state index contributed by atoms with van der Waals surface area (Å²) < 4.78 is 12.6. The number of para-hydroxylation sites is 2. The van der Waals surface area contributed by atoms with E-state index in [-0.39, 0.29) is 0 Å². The molecule has 0 aliphatic rings. The summed E-state index contributed by atoms with van der Waals surface area (Å²) in [6, 6.07) is 56.3. The predicted octanol–water partition coefficient (Wildman–Crippen LogP) is 12.6. The lowest BCUT2D eigenvalue weighted by Crippen LogP contribution is -2.01. The summed E-state index contributed by atoms with van der Waals surface area (Å²) in [6.07, 6.45) is 0. The number of hydrogen-bond donors (Lipinski definition) is 0. The van der Waals surface area contributed by atoms with Crippen molar-refractivity contribution in [3.8, 4) is 45.3 Å². The lowest BCUT2D eigenvalue weighted by atomic mass is 9.95. The van der Waals surface area contributed by atoms with E-state index in [9.17, 15) is 0 Å². The number of fused-ring (bicyclic) bond motifs is 9. The number of nitrogens with zero attached hydrogens (tertiary/aromatic N) is 3. The molecular weight excluding hydrogens is 639 g/mol. The van der Waals surface area contributed by atoms with Gasteiger partial charge < -0.3 is 8.83 Å². The topological polar surface area (TPSA) is 65.0 Å². The fraction of sp³-hybridized carbons (Fsp3) is 0. The van der Waals surface area contributed by atoms with Crippen LogP contribution in [0.3, 0.4) is 0 Å². The Morgan fingerprint density at radius 1 is 0.308 bits per heavy atom. The van der Waals surface area contributed by atoms with Gasteiger partial charge in [-0.25, -0.2) is 15.0 Å². The molecule has 11 aromatic rings. The molecule has 11 rings (SSSR count). The molecule has 52 heavy (non-hydrogen) atoms. The molecule has 0 saturated carbocycles. The normalized spacial score (nSPS) is 11.8. The molecule has 0 N–H and O–H groups in total.